The molecule has 0 radical (unpaired) electrons. The first-order chi connectivity index (χ1) is 11.8. The molecular weight excluding hydrogens is 306 g/mol. The Morgan fingerprint density at radius 1 is 1.17 bits per heavy atom. The maximum Gasteiger partial charge on any atom is 0.223 e. The summed E-state index contributed by atoms with van der Waals surface area (Å²) in [4.78, 5) is 6.78. The number of piperidine rings is 1. The van der Waals surface area contributed by atoms with E-state index in [0.29, 0.717) is 18.4 Å². The molecular formula is C18H23N3O3. The number of likely N-dealkylation sites (tertiary alicyclic amines) is 1. The van der Waals surface area contributed by atoms with E-state index in [9.17, 15) is 0 Å². The molecule has 24 heavy (non-hydrogen) atoms. The summed E-state index contributed by atoms with van der Waals surface area (Å²) in [6, 6.07) is 7.88. The second-order valence-electron chi connectivity index (χ2n) is 6.68. The fourth-order valence-electron chi connectivity index (χ4n) is 3.50. The lowest BCUT2D eigenvalue weighted by molar-refractivity contribution is 0.0476. The third kappa shape index (κ3) is 3.53. The first kappa shape index (κ1) is 15.4. The van der Waals surface area contributed by atoms with Crippen LogP contribution in [0.4, 0.5) is 0 Å². The van der Waals surface area contributed by atoms with Gasteiger partial charge in [-0.1, -0.05) is 17.3 Å². The molecule has 6 heteroatoms. The molecule has 1 atom stereocenters. The summed E-state index contributed by atoms with van der Waals surface area (Å²) >= 11 is 0. The highest BCUT2D eigenvalue weighted by atomic mass is 16.6. The van der Waals surface area contributed by atoms with E-state index in [2.05, 4.69) is 15.0 Å². The van der Waals surface area contributed by atoms with Crippen LogP contribution in [0.25, 0.3) is 0 Å². The van der Waals surface area contributed by atoms with Gasteiger partial charge in [-0.2, -0.15) is 4.98 Å². The zero-order valence-electron chi connectivity index (χ0n) is 14.0. The minimum atomic E-state index is 0.108. The Balaban J connectivity index is 1.25. The lowest BCUT2D eigenvalue weighted by Crippen LogP contribution is -2.44. The Morgan fingerprint density at radius 2 is 1.96 bits per heavy atom. The van der Waals surface area contributed by atoms with Crippen LogP contribution in [-0.4, -0.2) is 47.4 Å². The van der Waals surface area contributed by atoms with Crippen molar-refractivity contribution in [2.75, 3.05) is 26.2 Å². The predicted molar refractivity (Wildman–Crippen MR) is 88.3 cm³/mol. The van der Waals surface area contributed by atoms with Crippen molar-refractivity contribution in [1.82, 2.24) is 15.0 Å². The molecule has 0 aliphatic carbocycles. The number of rotatable bonds is 4. The second-order valence-corrected chi connectivity index (χ2v) is 6.68. The first-order valence-corrected chi connectivity index (χ1v) is 8.66. The molecule has 1 fully saturated rings. The molecule has 1 unspecified atom stereocenters. The van der Waals surface area contributed by atoms with Crippen molar-refractivity contribution < 1.29 is 14.0 Å². The Labute approximate surface area is 141 Å². The standard InChI is InChI=1S/C18H23N3O3/c1-13-19-18(20-24-13)10-14-6-8-21(9-7-14)11-15-12-22-16-4-2-3-5-17(16)23-15/h2-5,14-15H,6-12H2,1H3. The number of hydrogen-bond donors (Lipinski definition) is 0. The molecule has 1 saturated heterocycles. The third-order valence-electron chi connectivity index (χ3n) is 4.78. The molecule has 3 heterocycles. The lowest BCUT2D eigenvalue weighted by atomic mass is 9.93. The minimum absolute atomic E-state index is 0.108. The molecule has 0 bridgehead atoms. The van der Waals surface area contributed by atoms with Gasteiger partial charge in [0.05, 0.1) is 0 Å². The van der Waals surface area contributed by atoms with Crippen LogP contribution in [0.2, 0.25) is 0 Å². The van der Waals surface area contributed by atoms with E-state index in [4.69, 9.17) is 14.0 Å². The number of ether oxygens (including phenoxy) is 2. The van der Waals surface area contributed by atoms with Gasteiger partial charge in [0.1, 0.15) is 12.7 Å². The Kier molecular flexibility index (Phi) is 4.38. The molecule has 0 N–H and O–H groups in total. The minimum Gasteiger partial charge on any atom is -0.486 e. The summed E-state index contributed by atoms with van der Waals surface area (Å²) in [6.07, 6.45) is 3.35. The quantitative estimate of drug-likeness (QED) is 0.859. The number of fused-ring (bicyclic) bond motifs is 1. The van der Waals surface area contributed by atoms with Crippen molar-refractivity contribution in [1.29, 1.82) is 0 Å². The Morgan fingerprint density at radius 3 is 2.71 bits per heavy atom. The van der Waals surface area contributed by atoms with Crippen LogP contribution < -0.4 is 9.47 Å². The van der Waals surface area contributed by atoms with Crippen molar-refractivity contribution in [3.8, 4) is 11.5 Å². The highest BCUT2D eigenvalue weighted by Gasteiger charge is 2.26. The molecule has 1 aromatic heterocycles. The van der Waals surface area contributed by atoms with Gasteiger partial charge in [0.15, 0.2) is 17.3 Å². The summed E-state index contributed by atoms with van der Waals surface area (Å²) in [5.74, 6) is 3.84. The first-order valence-electron chi connectivity index (χ1n) is 8.66. The van der Waals surface area contributed by atoms with Crippen LogP contribution in [0.5, 0.6) is 11.5 Å². The number of para-hydroxylation sites is 2. The molecule has 0 amide bonds. The van der Waals surface area contributed by atoms with Gasteiger partial charge in [-0.15, -0.1) is 0 Å². The highest BCUT2D eigenvalue weighted by molar-refractivity contribution is 5.40. The van der Waals surface area contributed by atoms with Crippen molar-refractivity contribution in [3.05, 3.63) is 36.0 Å². The topological polar surface area (TPSA) is 60.6 Å². The van der Waals surface area contributed by atoms with E-state index in [1.54, 1.807) is 0 Å². The molecule has 2 aromatic rings. The summed E-state index contributed by atoms with van der Waals surface area (Å²) in [5.41, 5.74) is 0. The van der Waals surface area contributed by atoms with Crippen LogP contribution in [0, 0.1) is 12.8 Å². The van der Waals surface area contributed by atoms with Gasteiger partial charge in [0.25, 0.3) is 0 Å². The van der Waals surface area contributed by atoms with Gasteiger partial charge in [-0.05, 0) is 44.0 Å². The molecule has 0 saturated carbocycles. The average molecular weight is 329 g/mol. The fraction of sp³-hybridized carbons (Fsp3) is 0.556. The summed E-state index contributed by atoms with van der Waals surface area (Å²) in [5, 5.41) is 4.01. The molecule has 1 aromatic carbocycles. The average Bonchev–Trinajstić information content (AvgIpc) is 3.01. The van der Waals surface area contributed by atoms with E-state index in [-0.39, 0.29) is 6.10 Å². The molecule has 128 valence electrons. The van der Waals surface area contributed by atoms with Gasteiger partial charge in [0, 0.05) is 19.9 Å². The van der Waals surface area contributed by atoms with Crippen LogP contribution >= 0.6 is 0 Å². The van der Waals surface area contributed by atoms with E-state index < -0.39 is 0 Å². The van der Waals surface area contributed by atoms with Crippen LogP contribution in [0.1, 0.15) is 24.6 Å². The third-order valence-corrected chi connectivity index (χ3v) is 4.78. The van der Waals surface area contributed by atoms with E-state index in [1.165, 1.54) is 0 Å². The molecule has 2 aliphatic rings. The molecule has 2 aliphatic heterocycles. The maximum atomic E-state index is 6.06. The van der Waals surface area contributed by atoms with Crippen molar-refractivity contribution in [2.45, 2.75) is 32.3 Å². The van der Waals surface area contributed by atoms with Gasteiger partial charge >= 0.3 is 0 Å². The fourth-order valence-corrected chi connectivity index (χ4v) is 3.50. The van der Waals surface area contributed by atoms with Crippen molar-refractivity contribution in [3.63, 3.8) is 0 Å². The number of aryl methyl sites for hydroxylation is 1. The number of benzene rings is 1. The van der Waals surface area contributed by atoms with Crippen LogP contribution in [0.15, 0.2) is 28.8 Å². The van der Waals surface area contributed by atoms with Gasteiger partial charge < -0.3 is 14.0 Å². The van der Waals surface area contributed by atoms with Gasteiger partial charge in [0.2, 0.25) is 5.89 Å². The zero-order chi connectivity index (χ0) is 16.4. The smallest absolute Gasteiger partial charge is 0.223 e. The maximum absolute atomic E-state index is 6.06. The number of aromatic nitrogens is 2. The van der Waals surface area contributed by atoms with Gasteiger partial charge in [-0.3, -0.25) is 4.90 Å². The largest absolute Gasteiger partial charge is 0.486 e. The molecule has 0 spiro atoms. The molecule has 4 rings (SSSR count). The van der Waals surface area contributed by atoms with Gasteiger partial charge in [-0.25, -0.2) is 0 Å². The van der Waals surface area contributed by atoms with E-state index >= 15 is 0 Å². The van der Waals surface area contributed by atoms with E-state index in [1.807, 2.05) is 31.2 Å². The monoisotopic (exact) mass is 329 g/mol. The SMILES string of the molecule is Cc1nc(CC2CCN(CC3COc4ccccc4O3)CC2)no1. The van der Waals surface area contributed by atoms with Crippen molar-refractivity contribution in [2.24, 2.45) is 5.92 Å². The Bertz CT molecular complexity index is 680. The molecule has 6 nitrogen and oxygen atoms in total. The zero-order valence-corrected chi connectivity index (χ0v) is 14.0. The van der Waals surface area contributed by atoms with Crippen LogP contribution in [0.3, 0.4) is 0 Å². The number of nitrogens with zero attached hydrogens (tertiary/aromatic N) is 3. The Hall–Kier alpha value is -2.08. The van der Waals surface area contributed by atoms with E-state index in [0.717, 1.165) is 56.2 Å². The predicted octanol–water partition coefficient (Wildman–Crippen LogP) is 2.47. The van der Waals surface area contributed by atoms with Crippen molar-refractivity contribution >= 4 is 0 Å². The summed E-state index contributed by atoms with van der Waals surface area (Å²) in [7, 11) is 0. The summed E-state index contributed by atoms with van der Waals surface area (Å²) in [6.45, 7) is 5.55. The normalized spacial score (nSPS) is 21.8. The number of hydrogen-bond acceptors (Lipinski definition) is 6. The summed E-state index contributed by atoms with van der Waals surface area (Å²) < 4.78 is 16.9. The second kappa shape index (κ2) is 6.81. The highest BCUT2D eigenvalue weighted by Crippen LogP contribution is 2.31. The lowest BCUT2D eigenvalue weighted by Gasteiger charge is -2.35. The van der Waals surface area contributed by atoms with Crippen LogP contribution in [-0.2, 0) is 6.42 Å².